The summed E-state index contributed by atoms with van der Waals surface area (Å²) in [6.45, 7) is -0.697. The van der Waals surface area contributed by atoms with Crippen LogP contribution in [-0.4, -0.2) is 47.6 Å². The predicted octanol–water partition coefficient (Wildman–Crippen LogP) is 4.66. The number of benzene rings is 2. The van der Waals surface area contributed by atoms with Crippen molar-refractivity contribution >= 4 is 28.4 Å². The van der Waals surface area contributed by atoms with Crippen molar-refractivity contribution in [1.82, 2.24) is 9.88 Å². The Morgan fingerprint density at radius 1 is 1.06 bits per heavy atom. The van der Waals surface area contributed by atoms with Crippen LogP contribution in [0.4, 0.5) is 23.2 Å². The summed E-state index contributed by atoms with van der Waals surface area (Å²) in [7, 11) is 0. The van der Waals surface area contributed by atoms with Gasteiger partial charge in [-0.1, -0.05) is 0 Å². The van der Waals surface area contributed by atoms with Crippen molar-refractivity contribution in [1.29, 1.82) is 0 Å². The number of piperidine rings is 1. The highest BCUT2D eigenvalue weighted by Crippen LogP contribution is 2.33. The van der Waals surface area contributed by atoms with Gasteiger partial charge in [0, 0.05) is 30.4 Å². The fraction of sp³-hybridized carbons (Fsp3) is 0.292. The van der Waals surface area contributed by atoms with Gasteiger partial charge in [-0.05, 0) is 72.9 Å². The molecule has 0 radical (unpaired) electrons. The fourth-order valence-corrected chi connectivity index (χ4v) is 4.02. The number of fused-ring (bicyclic) bond motifs is 1. The van der Waals surface area contributed by atoms with E-state index in [-0.39, 0.29) is 23.2 Å². The average Bonchev–Trinajstić information content (AvgIpc) is 2.82. The van der Waals surface area contributed by atoms with Crippen LogP contribution in [0.1, 0.15) is 24.3 Å². The maximum Gasteiger partial charge on any atom is 0.422 e. The van der Waals surface area contributed by atoms with E-state index in [0.717, 1.165) is 10.9 Å². The van der Waals surface area contributed by atoms with Gasteiger partial charge in [-0.25, -0.2) is 4.39 Å². The van der Waals surface area contributed by atoms with E-state index in [9.17, 15) is 27.2 Å². The van der Waals surface area contributed by atoms with Gasteiger partial charge in [-0.15, -0.1) is 0 Å². The van der Waals surface area contributed by atoms with E-state index in [1.165, 1.54) is 41.3 Å². The monoisotopic (exact) mass is 475 g/mol. The SMILES string of the molecule is O=C(Nc1ccc(OCC(F)(F)F)cc1)C(=O)N1CCC(c2ccnc3ccc(F)cc23)CC1. The van der Waals surface area contributed by atoms with Gasteiger partial charge < -0.3 is 15.0 Å². The molecule has 3 aromatic rings. The molecule has 0 unspecified atom stereocenters. The minimum Gasteiger partial charge on any atom is -0.484 e. The van der Waals surface area contributed by atoms with Crippen LogP contribution in [0.15, 0.2) is 54.7 Å². The summed E-state index contributed by atoms with van der Waals surface area (Å²) in [6.07, 6.45) is -1.55. The molecule has 2 heterocycles. The van der Waals surface area contributed by atoms with Gasteiger partial charge in [0.2, 0.25) is 0 Å². The first kappa shape index (κ1) is 23.5. The Kier molecular flexibility index (Phi) is 6.67. The highest BCUT2D eigenvalue weighted by molar-refractivity contribution is 6.39. The number of nitrogens with zero attached hydrogens (tertiary/aromatic N) is 2. The van der Waals surface area contributed by atoms with Gasteiger partial charge >= 0.3 is 18.0 Å². The number of aromatic nitrogens is 1. The summed E-state index contributed by atoms with van der Waals surface area (Å²) in [4.78, 5) is 30.7. The molecule has 1 aliphatic heterocycles. The molecule has 10 heteroatoms. The molecule has 178 valence electrons. The lowest BCUT2D eigenvalue weighted by Crippen LogP contribution is -2.43. The van der Waals surface area contributed by atoms with Crippen LogP contribution < -0.4 is 10.1 Å². The number of hydrogen-bond acceptors (Lipinski definition) is 4. The molecule has 0 saturated carbocycles. The van der Waals surface area contributed by atoms with Gasteiger partial charge in [0.15, 0.2) is 6.61 Å². The molecule has 6 nitrogen and oxygen atoms in total. The molecule has 34 heavy (non-hydrogen) atoms. The first-order valence-electron chi connectivity index (χ1n) is 10.6. The van der Waals surface area contributed by atoms with Gasteiger partial charge in [0.1, 0.15) is 11.6 Å². The van der Waals surface area contributed by atoms with E-state index >= 15 is 0 Å². The maximum absolute atomic E-state index is 13.8. The van der Waals surface area contributed by atoms with Crippen molar-refractivity contribution in [3.63, 3.8) is 0 Å². The third kappa shape index (κ3) is 5.62. The topological polar surface area (TPSA) is 71.5 Å². The number of likely N-dealkylation sites (tertiary alicyclic amines) is 1. The smallest absolute Gasteiger partial charge is 0.422 e. The second-order valence-electron chi connectivity index (χ2n) is 8.01. The minimum absolute atomic E-state index is 0.00719. The second-order valence-corrected chi connectivity index (χ2v) is 8.01. The number of hydrogen-bond donors (Lipinski definition) is 1. The first-order chi connectivity index (χ1) is 16.2. The molecule has 0 aliphatic carbocycles. The minimum atomic E-state index is -4.45. The zero-order chi connectivity index (χ0) is 24.3. The lowest BCUT2D eigenvalue weighted by molar-refractivity contribution is -0.153. The lowest BCUT2D eigenvalue weighted by Gasteiger charge is -2.32. The number of pyridine rings is 1. The molecule has 1 saturated heterocycles. The van der Waals surface area contributed by atoms with Crippen LogP contribution >= 0.6 is 0 Å². The largest absolute Gasteiger partial charge is 0.484 e. The molecule has 1 aliphatic rings. The normalized spacial score (nSPS) is 14.8. The second kappa shape index (κ2) is 9.66. The summed E-state index contributed by atoms with van der Waals surface area (Å²) in [5, 5.41) is 3.20. The zero-order valence-electron chi connectivity index (χ0n) is 17.9. The Morgan fingerprint density at radius 2 is 1.76 bits per heavy atom. The molecule has 0 atom stereocenters. The third-order valence-electron chi connectivity index (χ3n) is 5.67. The quantitative estimate of drug-likeness (QED) is 0.440. The van der Waals surface area contributed by atoms with Gasteiger partial charge in [0.25, 0.3) is 0 Å². The molecule has 1 fully saturated rings. The van der Waals surface area contributed by atoms with Gasteiger partial charge in [0.05, 0.1) is 5.52 Å². The van der Waals surface area contributed by atoms with E-state index in [2.05, 4.69) is 15.0 Å². The number of rotatable bonds is 4. The summed E-state index contributed by atoms with van der Waals surface area (Å²) >= 11 is 0. The number of carbonyl (C=O) groups is 2. The van der Waals surface area contributed by atoms with Crippen LogP contribution in [0.5, 0.6) is 5.75 Å². The Balaban J connectivity index is 1.33. The van der Waals surface area contributed by atoms with Crippen LogP contribution in [0.25, 0.3) is 10.9 Å². The predicted molar refractivity (Wildman–Crippen MR) is 117 cm³/mol. The third-order valence-corrected chi connectivity index (χ3v) is 5.67. The highest BCUT2D eigenvalue weighted by Gasteiger charge is 2.29. The van der Waals surface area contributed by atoms with Crippen molar-refractivity contribution in [2.24, 2.45) is 0 Å². The van der Waals surface area contributed by atoms with E-state index in [1.807, 2.05) is 6.07 Å². The van der Waals surface area contributed by atoms with Crippen LogP contribution in [0.2, 0.25) is 0 Å². The zero-order valence-corrected chi connectivity index (χ0v) is 17.9. The summed E-state index contributed by atoms with van der Waals surface area (Å²) in [5.74, 6) is -1.78. The van der Waals surface area contributed by atoms with Crippen molar-refractivity contribution in [2.75, 3.05) is 25.0 Å². The number of halogens is 4. The highest BCUT2D eigenvalue weighted by atomic mass is 19.4. The summed E-state index contributed by atoms with van der Waals surface area (Å²) in [6, 6.07) is 11.6. The summed E-state index contributed by atoms with van der Waals surface area (Å²) in [5.41, 5.74) is 1.93. The molecule has 0 bridgehead atoms. The fourth-order valence-electron chi connectivity index (χ4n) is 4.02. The number of alkyl halides is 3. The lowest BCUT2D eigenvalue weighted by atomic mass is 9.87. The van der Waals surface area contributed by atoms with Crippen molar-refractivity contribution in [3.8, 4) is 5.75 Å². The number of ether oxygens (including phenoxy) is 1. The first-order valence-corrected chi connectivity index (χ1v) is 10.6. The molecular weight excluding hydrogens is 454 g/mol. The maximum atomic E-state index is 13.8. The standard InChI is InChI=1S/C24H21F4N3O3/c25-16-1-6-21-20(13-16)19(7-10-29-21)15-8-11-31(12-9-15)23(33)22(32)30-17-2-4-18(5-3-17)34-14-24(26,27)28/h1-7,10,13,15H,8-9,11-12,14H2,(H,30,32). The van der Waals surface area contributed by atoms with Crippen molar-refractivity contribution in [3.05, 3.63) is 66.1 Å². The Bertz CT molecular complexity index is 1190. The number of anilines is 1. The van der Waals surface area contributed by atoms with E-state index < -0.39 is 24.6 Å². The van der Waals surface area contributed by atoms with E-state index in [0.29, 0.717) is 31.4 Å². The molecule has 0 spiro atoms. The van der Waals surface area contributed by atoms with Crippen LogP contribution in [0.3, 0.4) is 0 Å². The van der Waals surface area contributed by atoms with Gasteiger partial charge in [-0.2, -0.15) is 13.2 Å². The molecule has 4 rings (SSSR count). The Hall–Kier alpha value is -3.69. The molecule has 2 amide bonds. The number of nitrogens with one attached hydrogen (secondary N) is 1. The molecular formula is C24H21F4N3O3. The average molecular weight is 475 g/mol. The number of carbonyl (C=O) groups excluding carboxylic acids is 2. The van der Waals surface area contributed by atoms with Crippen LogP contribution in [-0.2, 0) is 9.59 Å². The van der Waals surface area contributed by atoms with Gasteiger partial charge in [-0.3, -0.25) is 14.6 Å². The molecule has 1 N–H and O–H groups in total. The number of amides is 2. The summed E-state index contributed by atoms with van der Waals surface area (Å²) < 4.78 is 55.0. The molecule has 2 aromatic carbocycles. The Morgan fingerprint density at radius 3 is 2.44 bits per heavy atom. The van der Waals surface area contributed by atoms with Crippen LogP contribution in [0, 0.1) is 5.82 Å². The van der Waals surface area contributed by atoms with Crippen molar-refractivity contribution in [2.45, 2.75) is 24.9 Å². The molecule has 1 aromatic heterocycles. The Labute approximate surface area is 192 Å². The van der Waals surface area contributed by atoms with Crippen molar-refractivity contribution < 1.29 is 31.9 Å². The van der Waals surface area contributed by atoms with E-state index in [4.69, 9.17) is 0 Å². The van der Waals surface area contributed by atoms with E-state index in [1.54, 1.807) is 12.3 Å².